The van der Waals surface area contributed by atoms with Crippen LogP contribution in [0.5, 0.6) is 0 Å². The average Bonchev–Trinajstić information content (AvgIpc) is 2.77. The van der Waals surface area contributed by atoms with Gasteiger partial charge in [0.25, 0.3) is 5.96 Å². The average molecular weight is 422 g/mol. The molecule has 0 aliphatic carbocycles. The van der Waals surface area contributed by atoms with Gasteiger partial charge in [0.15, 0.2) is 0 Å². The molecule has 0 heterocycles. The van der Waals surface area contributed by atoms with E-state index in [1.807, 2.05) is 0 Å². The Morgan fingerprint density at radius 1 is 0.548 bits per heavy atom. The minimum absolute atomic E-state index is 0.0788. The summed E-state index contributed by atoms with van der Waals surface area (Å²) in [4.78, 5) is 0. The summed E-state index contributed by atoms with van der Waals surface area (Å²) >= 11 is 0. The minimum Gasteiger partial charge on any atom is -0.244 e. The van der Waals surface area contributed by atoms with Gasteiger partial charge in [0.2, 0.25) is 0 Å². The first-order chi connectivity index (χ1) is 15.1. The zero-order valence-electron chi connectivity index (χ0n) is 16.1. The summed E-state index contributed by atoms with van der Waals surface area (Å²) in [5.41, 5.74) is 7.26. The number of rotatable bonds is 6. The van der Waals surface area contributed by atoms with Gasteiger partial charge in [0.05, 0.1) is 18.6 Å². The van der Waals surface area contributed by atoms with E-state index in [1.165, 1.54) is 55.0 Å². The molecule has 0 radical (unpaired) electrons. The van der Waals surface area contributed by atoms with Gasteiger partial charge in [-0.15, -0.1) is 5.10 Å². The van der Waals surface area contributed by atoms with Crippen molar-refractivity contribution >= 4 is 24.6 Å². The lowest BCUT2D eigenvalue weighted by atomic mass is 10.2. The number of hydrogen-bond donors (Lipinski definition) is 2. The van der Waals surface area contributed by atoms with E-state index in [0.29, 0.717) is 16.7 Å². The Morgan fingerprint density at radius 3 is 1.29 bits per heavy atom. The van der Waals surface area contributed by atoms with Crippen molar-refractivity contribution in [3.05, 3.63) is 107 Å². The minimum atomic E-state index is -0.352. The topological polar surface area (TPSA) is 73.5 Å². The number of nitrogens with zero attached hydrogens (tertiary/aromatic N) is 4. The highest BCUT2D eigenvalue weighted by Gasteiger charge is 1.96. The predicted molar refractivity (Wildman–Crippen MR) is 116 cm³/mol. The molecule has 0 saturated heterocycles. The first-order valence-corrected chi connectivity index (χ1v) is 9.04. The molecule has 0 atom stereocenters. The summed E-state index contributed by atoms with van der Waals surface area (Å²) in [6.07, 6.45) is 4.35. The highest BCUT2D eigenvalue weighted by Crippen LogP contribution is 2.01. The zero-order valence-corrected chi connectivity index (χ0v) is 16.1. The first kappa shape index (κ1) is 21.4. The molecule has 0 fully saturated rings. The van der Waals surface area contributed by atoms with Crippen molar-refractivity contribution in [2.24, 2.45) is 20.4 Å². The number of nitrogens with one attached hydrogen (secondary N) is 2. The van der Waals surface area contributed by atoms with E-state index in [1.54, 1.807) is 36.4 Å². The van der Waals surface area contributed by atoms with Crippen molar-refractivity contribution < 1.29 is 13.2 Å². The monoisotopic (exact) mass is 422 g/mol. The maximum atomic E-state index is 13.0. The predicted octanol–water partition coefficient (Wildman–Crippen LogP) is 4.04. The van der Waals surface area contributed by atoms with E-state index >= 15 is 0 Å². The van der Waals surface area contributed by atoms with E-state index in [-0.39, 0.29) is 23.4 Å². The van der Waals surface area contributed by atoms with E-state index in [4.69, 9.17) is 0 Å². The molecule has 0 aliphatic rings. The van der Waals surface area contributed by atoms with Crippen molar-refractivity contribution in [1.82, 2.24) is 10.9 Å². The van der Waals surface area contributed by atoms with Crippen molar-refractivity contribution in [1.29, 1.82) is 0 Å². The molecule has 0 amide bonds. The van der Waals surface area contributed by atoms with Gasteiger partial charge < -0.3 is 0 Å². The Kier molecular flexibility index (Phi) is 7.64. The van der Waals surface area contributed by atoms with Crippen molar-refractivity contribution in [3.63, 3.8) is 0 Å². The Bertz CT molecular complexity index is 1030. The lowest BCUT2D eigenvalue weighted by molar-refractivity contribution is 0.627. The molecule has 9 heteroatoms. The molecule has 6 nitrogen and oxygen atoms in total. The van der Waals surface area contributed by atoms with Gasteiger partial charge in [-0.3, -0.25) is 0 Å². The van der Waals surface area contributed by atoms with Gasteiger partial charge >= 0.3 is 0 Å². The molecule has 31 heavy (non-hydrogen) atoms. The summed E-state index contributed by atoms with van der Waals surface area (Å²) in [6.45, 7) is 0. The van der Waals surface area contributed by atoms with Crippen LogP contribution in [0, 0.1) is 17.5 Å². The normalized spacial score (nSPS) is 11.3. The van der Waals surface area contributed by atoms with Crippen LogP contribution in [0.15, 0.2) is 93.2 Å². The third kappa shape index (κ3) is 7.58. The van der Waals surface area contributed by atoms with Crippen molar-refractivity contribution in [2.45, 2.75) is 0 Å². The summed E-state index contributed by atoms with van der Waals surface area (Å²) in [5.74, 6) is -0.969. The van der Waals surface area contributed by atoms with Gasteiger partial charge in [0.1, 0.15) is 17.5 Å². The fourth-order valence-electron chi connectivity index (χ4n) is 2.21. The third-order valence-corrected chi connectivity index (χ3v) is 3.74. The summed E-state index contributed by atoms with van der Waals surface area (Å²) in [6, 6.07) is 17.2. The van der Waals surface area contributed by atoms with Gasteiger partial charge in [-0.05, 0) is 53.1 Å². The van der Waals surface area contributed by atoms with Crippen LogP contribution in [0.25, 0.3) is 0 Å². The summed E-state index contributed by atoms with van der Waals surface area (Å²) in [5, 5.41) is 15.9. The molecular formula is C22H17F3N6. The van der Waals surface area contributed by atoms with Crippen LogP contribution >= 0.6 is 0 Å². The number of hydrazone groups is 2. The van der Waals surface area contributed by atoms with Crippen LogP contribution in [0.2, 0.25) is 0 Å². The second kappa shape index (κ2) is 11.1. The molecule has 2 N–H and O–H groups in total. The number of benzene rings is 3. The summed E-state index contributed by atoms with van der Waals surface area (Å²) < 4.78 is 38.9. The molecule has 0 saturated carbocycles. The number of hydrogen-bond acceptors (Lipinski definition) is 4. The van der Waals surface area contributed by atoms with Gasteiger partial charge in [0, 0.05) is 0 Å². The van der Waals surface area contributed by atoms with E-state index in [2.05, 4.69) is 31.3 Å². The Labute approximate surface area is 176 Å². The standard InChI is InChI=1S/C22H17F3N6/c23-19-7-1-16(2-8-19)13-26-29-22(30-27-14-17-3-9-20(24)10-4-17)31-28-15-18-5-11-21(25)12-6-18/h1-15H,(H2,29,30,31)/b26-13-,27-14-,28-15-. The maximum Gasteiger partial charge on any atom is 0.257 e. The molecular weight excluding hydrogens is 405 g/mol. The Balaban J connectivity index is 1.69. The molecule has 156 valence electrons. The van der Waals surface area contributed by atoms with Gasteiger partial charge in [-0.25, -0.2) is 24.0 Å². The lowest BCUT2D eigenvalue weighted by Crippen LogP contribution is -2.30. The Morgan fingerprint density at radius 2 is 0.903 bits per heavy atom. The molecule has 3 aromatic carbocycles. The highest BCUT2D eigenvalue weighted by atomic mass is 19.1. The largest absolute Gasteiger partial charge is 0.257 e. The van der Waals surface area contributed by atoms with Gasteiger partial charge in [-0.2, -0.15) is 15.3 Å². The first-order valence-electron chi connectivity index (χ1n) is 9.04. The lowest BCUT2D eigenvalue weighted by Gasteiger charge is -2.02. The summed E-state index contributed by atoms with van der Waals surface area (Å²) in [7, 11) is 0. The van der Waals surface area contributed by atoms with Crippen LogP contribution in [-0.2, 0) is 0 Å². The van der Waals surface area contributed by atoms with E-state index in [0.717, 1.165) is 0 Å². The van der Waals surface area contributed by atoms with Gasteiger partial charge in [-0.1, -0.05) is 36.4 Å². The smallest absolute Gasteiger partial charge is 0.244 e. The fraction of sp³-hybridized carbons (Fsp3) is 0. The highest BCUT2D eigenvalue weighted by molar-refractivity contribution is 5.86. The molecule has 0 aromatic heterocycles. The second-order valence-corrected chi connectivity index (χ2v) is 6.09. The van der Waals surface area contributed by atoms with Crippen LogP contribution in [-0.4, -0.2) is 24.6 Å². The second-order valence-electron chi connectivity index (χ2n) is 6.09. The zero-order chi connectivity index (χ0) is 21.9. The maximum absolute atomic E-state index is 13.0. The van der Waals surface area contributed by atoms with E-state index < -0.39 is 0 Å². The van der Waals surface area contributed by atoms with Crippen molar-refractivity contribution in [3.8, 4) is 0 Å². The fourth-order valence-corrected chi connectivity index (χ4v) is 2.21. The Hall–Kier alpha value is -4.27. The SMILES string of the molecule is Fc1ccc(/C=N\N=C(N/N=C\c2ccc(F)cc2)N/N=C\c2ccc(F)cc2)cc1. The van der Waals surface area contributed by atoms with Crippen LogP contribution in [0.1, 0.15) is 16.7 Å². The number of guanidine groups is 1. The molecule has 3 rings (SSSR count). The molecule has 0 aliphatic heterocycles. The van der Waals surface area contributed by atoms with Crippen LogP contribution in [0.3, 0.4) is 0 Å². The van der Waals surface area contributed by atoms with Crippen LogP contribution in [0.4, 0.5) is 13.2 Å². The molecule has 0 bridgehead atoms. The van der Waals surface area contributed by atoms with E-state index in [9.17, 15) is 13.2 Å². The third-order valence-electron chi connectivity index (χ3n) is 3.74. The molecule has 0 spiro atoms. The van der Waals surface area contributed by atoms with Crippen molar-refractivity contribution in [2.75, 3.05) is 0 Å². The quantitative estimate of drug-likeness (QED) is 0.358. The molecule has 0 unspecified atom stereocenters. The number of halogens is 3. The van der Waals surface area contributed by atoms with Crippen LogP contribution < -0.4 is 10.9 Å². The molecule has 3 aromatic rings.